The molecule has 228 valence electrons. The maximum absolute atomic E-state index is 13.5. The minimum atomic E-state index is -1.11. The Hall–Kier alpha value is -4.25. The number of carbonyl (C=O) groups excluding carboxylic acids is 1. The van der Waals surface area contributed by atoms with E-state index in [0.717, 1.165) is 71.0 Å². The molecule has 0 saturated heterocycles. The smallest absolute Gasteiger partial charge is 0.340 e. The van der Waals surface area contributed by atoms with Gasteiger partial charge in [-0.1, -0.05) is 63.6 Å². The number of hydrogen-bond donors (Lipinski definition) is 1. The number of ether oxygens (including phenoxy) is 2. The Balaban J connectivity index is 1.49. The fourth-order valence-electron chi connectivity index (χ4n) is 6.44. The molecule has 2 heterocycles. The average molecular weight is 589 g/mol. The quantitative estimate of drug-likeness (QED) is 0.197. The number of carbonyl (C=O) groups is 1. The predicted octanol–water partition coefficient (Wildman–Crippen LogP) is 9.82. The highest BCUT2D eigenvalue weighted by Gasteiger charge is 2.53. The topological polar surface area (TPSA) is 50.8 Å². The van der Waals surface area contributed by atoms with E-state index in [1.807, 2.05) is 24.3 Å². The van der Waals surface area contributed by atoms with Crippen molar-refractivity contribution in [3.8, 4) is 11.5 Å². The summed E-state index contributed by atoms with van der Waals surface area (Å²) in [5, 5.41) is 3.65. The van der Waals surface area contributed by atoms with Crippen molar-refractivity contribution < 1.29 is 14.3 Å². The lowest BCUT2D eigenvalue weighted by molar-refractivity contribution is 0.0224. The second-order valence-corrected chi connectivity index (χ2v) is 13.4. The van der Waals surface area contributed by atoms with Gasteiger partial charge >= 0.3 is 5.97 Å². The number of rotatable bonds is 9. The molecule has 4 aromatic rings. The van der Waals surface area contributed by atoms with Gasteiger partial charge in [0, 0.05) is 52.9 Å². The molecule has 0 aliphatic carbocycles. The van der Waals surface area contributed by atoms with E-state index in [2.05, 4.69) is 107 Å². The third kappa shape index (κ3) is 5.34. The van der Waals surface area contributed by atoms with Crippen LogP contribution in [-0.4, -0.2) is 19.1 Å². The fraction of sp³-hybridized carbons (Fsp3) is 0.359. The molecule has 0 aromatic heterocycles. The van der Waals surface area contributed by atoms with E-state index in [-0.39, 0.29) is 5.97 Å². The van der Waals surface area contributed by atoms with E-state index < -0.39 is 5.60 Å². The number of aryl methyl sites for hydroxylation is 3. The SMILES string of the molecule is Cc1ccc(Nc2cc3c(cc2C)Oc2cc(N(CCC(C)C)CCC(C)C)ccc2C32OC(=O)c3ccccc32)c(C)c1. The van der Waals surface area contributed by atoms with E-state index in [9.17, 15) is 4.79 Å². The van der Waals surface area contributed by atoms with E-state index in [0.29, 0.717) is 23.1 Å². The number of nitrogens with one attached hydrogen (secondary N) is 1. The number of hydrogen-bond acceptors (Lipinski definition) is 5. The van der Waals surface area contributed by atoms with Crippen LogP contribution in [0.3, 0.4) is 0 Å². The molecule has 0 saturated carbocycles. The molecule has 1 N–H and O–H groups in total. The first kappa shape index (κ1) is 29.8. The van der Waals surface area contributed by atoms with Crippen molar-refractivity contribution in [3.63, 3.8) is 0 Å². The zero-order valence-electron chi connectivity index (χ0n) is 27.1. The molecule has 0 bridgehead atoms. The molecule has 0 amide bonds. The van der Waals surface area contributed by atoms with Gasteiger partial charge in [0.25, 0.3) is 0 Å². The highest BCUT2D eigenvalue weighted by molar-refractivity contribution is 5.97. The maximum Gasteiger partial charge on any atom is 0.340 e. The van der Waals surface area contributed by atoms with E-state index >= 15 is 0 Å². The first-order valence-electron chi connectivity index (χ1n) is 16.0. The van der Waals surface area contributed by atoms with Crippen LogP contribution in [0.5, 0.6) is 11.5 Å². The Morgan fingerprint density at radius 2 is 1.41 bits per heavy atom. The lowest BCUT2D eigenvalue weighted by Gasteiger charge is -2.38. The van der Waals surface area contributed by atoms with Gasteiger partial charge in [-0.2, -0.15) is 0 Å². The van der Waals surface area contributed by atoms with Gasteiger partial charge in [-0.05, 0) is 93.0 Å². The van der Waals surface area contributed by atoms with Gasteiger partial charge in [0.1, 0.15) is 11.5 Å². The van der Waals surface area contributed by atoms with E-state index in [1.165, 1.54) is 11.1 Å². The van der Waals surface area contributed by atoms with Gasteiger partial charge < -0.3 is 19.7 Å². The normalized spacial score (nSPS) is 16.4. The molecule has 2 aliphatic rings. The average Bonchev–Trinajstić information content (AvgIpc) is 3.27. The van der Waals surface area contributed by atoms with Gasteiger partial charge in [-0.15, -0.1) is 0 Å². The molecule has 0 fully saturated rings. The van der Waals surface area contributed by atoms with Crippen molar-refractivity contribution in [2.45, 2.75) is 66.9 Å². The molecule has 5 heteroatoms. The molecule has 1 unspecified atom stereocenters. The molecular weight excluding hydrogens is 544 g/mol. The highest BCUT2D eigenvalue weighted by Crippen LogP contribution is 2.57. The van der Waals surface area contributed by atoms with Crippen molar-refractivity contribution in [2.24, 2.45) is 11.8 Å². The van der Waals surface area contributed by atoms with Crippen LogP contribution >= 0.6 is 0 Å². The number of benzene rings is 4. The van der Waals surface area contributed by atoms with Crippen LogP contribution in [0, 0.1) is 32.6 Å². The molecule has 6 rings (SSSR count). The summed E-state index contributed by atoms with van der Waals surface area (Å²) in [7, 11) is 0. The van der Waals surface area contributed by atoms with E-state index in [1.54, 1.807) is 0 Å². The van der Waals surface area contributed by atoms with Crippen LogP contribution < -0.4 is 15.0 Å². The van der Waals surface area contributed by atoms with Crippen LogP contribution in [0.2, 0.25) is 0 Å². The Morgan fingerprint density at radius 3 is 2.11 bits per heavy atom. The van der Waals surface area contributed by atoms with Gasteiger partial charge in [0.05, 0.1) is 5.56 Å². The Bertz CT molecular complexity index is 1710. The molecule has 1 spiro atoms. The van der Waals surface area contributed by atoms with Crippen LogP contribution in [0.4, 0.5) is 17.1 Å². The minimum absolute atomic E-state index is 0.316. The summed E-state index contributed by atoms with van der Waals surface area (Å²) in [5.74, 6) is 2.35. The van der Waals surface area contributed by atoms with Gasteiger partial charge in [-0.3, -0.25) is 0 Å². The first-order valence-corrected chi connectivity index (χ1v) is 16.0. The standard InChI is InChI=1S/C39H44N2O3/c1-24(2)16-18-41(19-17-25(3)4)29-13-14-32-37(22-29)43-36-21-28(7)35(40-34-15-12-26(5)20-27(34)6)23-33(36)39(32)31-11-9-8-10-30(31)38(42)44-39/h8-15,20-25,40H,16-19H2,1-7H3. The van der Waals surface area contributed by atoms with Gasteiger partial charge in [-0.25, -0.2) is 4.79 Å². The van der Waals surface area contributed by atoms with Crippen molar-refractivity contribution >= 4 is 23.0 Å². The van der Waals surface area contributed by atoms with Crippen molar-refractivity contribution in [2.75, 3.05) is 23.3 Å². The van der Waals surface area contributed by atoms with Crippen LogP contribution in [-0.2, 0) is 10.3 Å². The summed E-state index contributed by atoms with van der Waals surface area (Å²) in [6.45, 7) is 17.4. The molecular formula is C39H44N2O3. The van der Waals surface area contributed by atoms with Gasteiger partial charge in [0.15, 0.2) is 5.60 Å². The third-order valence-electron chi connectivity index (χ3n) is 9.01. The first-order chi connectivity index (χ1) is 21.1. The fourth-order valence-corrected chi connectivity index (χ4v) is 6.44. The lowest BCUT2D eigenvalue weighted by Crippen LogP contribution is -2.33. The number of esters is 1. The molecule has 4 aromatic carbocycles. The van der Waals surface area contributed by atoms with Crippen LogP contribution in [0.15, 0.2) is 72.8 Å². The zero-order chi connectivity index (χ0) is 31.2. The molecule has 44 heavy (non-hydrogen) atoms. The number of fused-ring (bicyclic) bond motifs is 6. The predicted molar refractivity (Wildman–Crippen MR) is 180 cm³/mol. The zero-order valence-corrected chi connectivity index (χ0v) is 27.1. The number of nitrogens with zero attached hydrogens (tertiary/aromatic N) is 1. The highest BCUT2D eigenvalue weighted by atomic mass is 16.6. The van der Waals surface area contributed by atoms with Crippen molar-refractivity contribution in [3.05, 3.63) is 112 Å². The Kier molecular flexibility index (Phi) is 7.91. The summed E-state index contributed by atoms with van der Waals surface area (Å²) >= 11 is 0. The van der Waals surface area contributed by atoms with Gasteiger partial charge in [0.2, 0.25) is 0 Å². The second-order valence-electron chi connectivity index (χ2n) is 13.4. The monoisotopic (exact) mass is 588 g/mol. The number of anilines is 3. The molecule has 1 atom stereocenters. The third-order valence-corrected chi connectivity index (χ3v) is 9.01. The molecule has 0 radical (unpaired) electrons. The Morgan fingerprint density at radius 1 is 0.727 bits per heavy atom. The van der Waals surface area contributed by atoms with Crippen molar-refractivity contribution in [1.29, 1.82) is 0 Å². The summed E-state index contributed by atoms with van der Waals surface area (Å²) in [5.41, 5.74) is 8.57. The molecule has 2 aliphatic heterocycles. The molecule has 5 nitrogen and oxygen atoms in total. The Labute approximate surface area is 262 Å². The lowest BCUT2D eigenvalue weighted by atomic mass is 9.77. The van der Waals surface area contributed by atoms with E-state index in [4.69, 9.17) is 9.47 Å². The summed E-state index contributed by atoms with van der Waals surface area (Å²) in [6, 6.07) is 24.8. The minimum Gasteiger partial charge on any atom is -0.456 e. The summed E-state index contributed by atoms with van der Waals surface area (Å²) in [4.78, 5) is 15.9. The van der Waals surface area contributed by atoms with Crippen molar-refractivity contribution in [1.82, 2.24) is 0 Å². The summed E-state index contributed by atoms with van der Waals surface area (Å²) in [6.07, 6.45) is 2.23. The van der Waals surface area contributed by atoms with Crippen LogP contribution in [0.1, 0.15) is 84.3 Å². The largest absolute Gasteiger partial charge is 0.456 e. The summed E-state index contributed by atoms with van der Waals surface area (Å²) < 4.78 is 13.2. The second kappa shape index (κ2) is 11.7. The maximum atomic E-state index is 13.5. The van der Waals surface area contributed by atoms with Crippen LogP contribution in [0.25, 0.3) is 0 Å².